The summed E-state index contributed by atoms with van der Waals surface area (Å²) in [6, 6.07) is 7.19. The molecular formula is C19H18ClN5O. The van der Waals surface area contributed by atoms with Crippen molar-refractivity contribution in [3.05, 3.63) is 41.0 Å². The minimum atomic E-state index is 0.00817. The Morgan fingerprint density at radius 1 is 1.27 bits per heavy atom. The summed E-state index contributed by atoms with van der Waals surface area (Å²) in [5.74, 6) is 0.970. The molecular weight excluding hydrogens is 350 g/mol. The highest BCUT2D eigenvalue weighted by Crippen LogP contribution is 2.36. The van der Waals surface area contributed by atoms with Crippen LogP contribution in [0.25, 0.3) is 22.0 Å². The second-order valence-corrected chi connectivity index (χ2v) is 6.99. The van der Waals surface area contributed by atoms with E-state index < -0.39 is 0 Å². The molecule has 5 N–H and O–H groups in total. The van der Waals surface area contributed by atoms with E-state index in [0.29, 0.717) is 28.0 Å². The van der Waals surface area contributed by atoms with Gasteiger partial charge in [0.05, 0.1) is 10.7 Å². The number of carbonyl (C=O) groups excluding carboxylic acids is 1. The van der Waals surface area contributed by atoms with Gasteiger partial charge >= 0.3 is 0 Å². The van der Waals surface area contributed by atoms with Gasteiger partial charge in [-0.15, -0.1) is 0 Å². The van der Waals surface area contributed by atoms with Crippen molar-refractivity contribution in [1.29, 1.82) is 0 Å². The smallest absolute Gasteiger partial charge is 0.228 e. The summed E-state index contributed by atoms with van der Waals surface area (Å²) >= 11 is 6.38. The second kappa shape index (κ2) is 6.14. The van der Waals surface area contributed by atoms with Crippen molar-refractivity contribution in [2.45, 2.75) is 19.8 Å². The van der Waals surface area contributed by atoms with Gasteiger partial charge < -0.3 is 16.8 Å². The number of rotatable bonds is 3. The van der Waals surface area contributed by atoms with E-state index in [0.717, 1.165) is 34.7 Å². The number of nitrogens with zero attached hydrogens (tertiary/aromatic N) is 2. The van der Waals surface area contributed by atoms with Gasteiger partial charge in [0, 0.05) is 28.8 Å². The zero-order valence-corrected chi connectivity index (χ0v) is 15.0. The lowest BCUT2D eigenvalue weighted by Gasteiger charge is -2.13. The number of halogens is 1. The van der Waals surface area contributed by atoms with E-state index in [4.69, 9.17) is 23.1 Å². The molecule has 0 atom stereocenters. The number of carbonyl (C=O) groups is 1. The molecule has 2 heterocycles. The predicted octanol–water partition coefficient (Wildman–Crippen LogP) is 3.77. The van der Waals surface area contributed by atoms with Crippen LogP contribution in [-0.4, -0.2) is 15.9 Å². The van der Waals surface area contributed by atoms with Crippen LogP contribution in [0, 0.1) is 12.8 Å². The van der Waals surface area contributed by atoms with E-state index >= 15 is 0 Å². The number of nitrogen functional groups attached to an aromatic ring is 2. The third kappa shape index (κ3) is 2.93. The third-order valence-electron chi connectivity index (χ3n) is 4.66. The highest BCUT2D eigenvalue weighted by Gasteiger charge is 2.29. The zero-order chi connectivity index (χ0) is 18.4. The summed E-state index contributed by atoms with van der Waals surface area (Å²) in [7, 11) is 0. The van der Waals surface area contributed by atoms with Gasteiger partial charge in [0.2, 0.25) is 5.91 Å². The van der Waals surface area contributed by atoms with Crippen molar-refractivity contribution < 1.29 is 4.79 Å². The van der Waals surface area contributed by atoms with Crippen LogP contribution in [0.2, 0.25) is 5.02 Å². The number of nitrogens with two attached hydrogens (primary N) is 2. The fourth-order valence-corrected chi connectivity index (χ4v) is 3.25. The Bertz CT molecular complexity index is 1050. The number of anilines is 3. The molecule has 0 unspecified atom stereocenters. The summed E-state index contributed by atoms with van der Waals surface area (Å²) in [6.07, 6.45) is 3.50. The molecule has 7 heteroatoms. The average Bonchev–Trinajstić information content (AvgIpc) is 3.43. The van der Waals surface area contributed by atoms with Crippen molar-refractivity contribution in [3.8, 4) is 11.3 Å². The van der Waals surface area contributed by atoms with E-state index in [1.54, 1.807) is 24.4 Å². The van der Waals surface area contributed by atoms with Crippen LogP contribution in [0.15, 0.2) is 30.5 Å². The van der Waals surface area contributed by atoms with Gasteiger partial charge in [-0.25, -0.2) is 9.97 Å². The minimum Gasteiger partial charge on any atom is -0.398 e. The van der Waals surface area contributed by atoms with Crippen LogP contribution in [0.5, 0.6) is 0 Å². The van der Waals surface area contributed by atoms with Crippen LogP contribution in [0.3, 0.4) is 0 Å². The SMILES string of the molecule is Cc1c(N)ccc(Cl)c1-c1cc2cc(NC(=O)C3CC3)ncc2c(N)n1. The molecule has 132 valence electrons. The van der Waals surface area contributed by atoms with Crippen molar-refractivity contribution in [1.82, 2.24) is 9.97 Å². The lowest BCUT2D eigenvalue weighted by molar-refractivity contribution is -0.117. The van der Waals surface area contributed by atoms with Crippen molar-refractivity contribution in [3.63, 3.8) is 0 Å². The molecule has 4 rings (SSSR count). The number of aromatic nitrogens is 2. The van der Waals surface area contributed by atoms with E-state index in [-0.39, 0.29) is 11.8 Å². The summed E-state index contributed by atoms with van der Waals surface area (Å²) < 4.78 is 0. The van der Waals surface area contributed by atoms with Crippen molar-refractivity contribution in [2.24, 2.45) is 5.92 Å². The molecule has 0 aliphatic heterocycles. The van der Waals surface area contributed by atoms with Crippen molar-refractivity contribution >= 4 is 45.6 Å². The Hall–Kier alpha value is -2.86. The summed E-state index contributed by atoms with van der Waals surface area (Å²) in [5.41, 5.74) is 15.0. The Balaban J connectivity index is 1.82. The fraction of sp³-hybridized carbons (Fsp3) is 0.211. The number of benzene rings is 1. The average molecular weight is 368 g/mol. The predicted molar refractivity (Wildman–Crippen MR) is 105 cm³/mol. The first-order valence-corrected chi connectivity index (χ1v) is 8.74. The molecule has 0 saturated heterocycles. The lowest BCUT2D eigenvalue weighted by atomic mass is 10.0. The van der Waals surface area contributed by atoms with Gasteiger partial charge in [-0.05, 0) is 55.0 Å². The molecule has 0 bridgehead atoms. The molecule has 26 heavy (non-hydrogen) atoms. The van der Waals surface area contributed by atoms with Gasteiger partial charge in [-0.1, -0.05) is 11.6 Å². The van der Waals surface area contributed by atoms with Crippen LogP contribution < -0.4 is 16.8 Å². The van der Waals surface area contributed by atoms with Crippen LogP contribution in [0.1, 0.15) is 18.4 Å². The van der Waals surface area contributed by atoms with Crippen molar-refractivity contribution in [2.75, 3.05) is 16.8 Å². The molecule has 0 radical (unpaired) electrons. The van der Waals surface area contributed by atoms with Gasteiger partial charge in [-0.2, -0.15) is 0 Å². The highest BCUT2D eigenvalue weighted by atomic mass is 35.5. The number of amides is 1. The zero-order valence-electron chi connectivity index (χ0n) is 14.2. The maximum atomic E-state index is 12.0. The summed E-state index contributed by atoms with van der Waals surface area (Å²) in [4.78, 5) is 20.7. The highest BCUT2D eigenvalue weighted by molar-refractivity contribution is 6.33. The van der Waals surface area contributed by atoms with Gasteiger partial charge in [0.15, 0.2) is 0 Å². The molecule has 6 nitrogen and oxygen atoms in total. The molecule has 0 spiro atoms. The van der Waals surface area contributed by atoms with E-state index in [1.807, 2.05) is 13.0 Å². The van der Waals surface area contributed by atoms with E-state index in [1.165, 1.54) is 0 Å². The molecule has 1 amide bonds. The number of hydrogen-bond acceptors (Lipinski definition) is 5. The largest absolute Gasteiger partial charge is 0.398 e. The van der Waals surface area contributed by atoms with Gasteiger partial charge in [0.1, 0.15) is 11.6 Å². The third-order valence-corrected chi connectivity index (χ3v) is 4.97. The van der Waals surface area contributed by atoms with Crippen LogP contribution in [-0.2, 0) is 4.79 Å². The Kier molecular flexibility index (Phi) is 3.92. The molecule has 3 aromatic rings. The Morgan fingerprint density at radius 2 is 2.04 bits per heavy atom. The fourth-order valence-electron chi connectivity index (χ4n) is 2.95. The second-order valence-electron chi connectivity index (χ2n) is 6.58. The monoisotopic (exact) mass is 367 g/mol. The normalized spacial score (nSPS) is 13.8. The molecule has 1 fully saturated rings. The number of nitrogens with one attached hydrogen (secondary N) is 1. The van der Waals surface area contributed by atoms with E-state index in [2.05, 4.69) is 15.3 Å². The number of pyridine rings is 2. The summed E-state index contributed by atoms with van der Waals surface area (Å²) in [6.45, 7) is 1.90. The molecule has 1 saturated carbocycles. The molecule has 1 aliphatic carbocycles. The van der Waals surface area contributed by atoms with Gasteiger partial charge in [0.25, 0.3) is 0 Å². The Morgan fingerprint density at radius 3 is 2.77 bits per heavy atom. The standard InChI is InChI=1S/C19H18ClN5O/c1-9-14(21)5-4-13(20)17(9)15-6-11-7-16(25-19(26)10-2-3-10)23-8-12(11)18(22)24-15/h4-8,10H,2-3,21H2,1H3,(H2,22,24)(H,23,25,26). The first kappa shape index (κ1) is 16.6. The van der Waals surface area contributed by atoms with Gasteiger partial charge in [-0.3, -0.25) is 4.79 Å². The lowest BCUT2D eigenvalue weighted by Crippen LogP contribution is -2.14. The first-order chi connectivity index (χ1) is 12.4. The Labute approximate surface area is 155 Å². The maximum absolute atomic E-state index is 12.0. The molecule has 1 aromatic carbocycles. The number of hydrogen-bond donors (Lipinski definition) is 3. The van der Waals surface area contributed by atoms with E-state index in [9.17, 15) is 4.79 Å². The molecule has 2 aromatic heterocycles. The first-order valence-electron chi connectivity index (χ1n) is 8.36. The van der Waals surface area contributed by atoms with Crippen LogP contribution in [0.4, 0.5) is 17.3 Å². The maximum Gasteiger partial charge on any atom is 0.228 e. The topological polar surface area (TPSA) is 107 Å². The minimum absolute atomic E-state index is 0.00817. The summed E-state index contributed by atoms with van der Waals surface area (Å²) in [5, 5.41) is 4.95. The quantitative estimate of drug-likeness (QED) is 0.611. The number of fused-ring (bicyclic) bond motifs is 1. The van der Waals surface area contributed by atoms with Crippen LogP contribution >= 0.6 is 11.6 Å². The molecule has 1 aliphatic rings.